The molecule has 4 rings (SSSR count). The average Bonchev–Trinajstić information content (AvgIpc) is 3.16. The van der Waals surface area contributed by atoms with Crippen LogP contribution in [0.3, 0.4) is 0 Å². The predicted molar refractivity (Wildman–Crippen MR) is 98.9 cm³/mol. The molecule has 0 aliphatic carbocycles. The quantitative estimate of drug-likeness (QED) is 0.888. The first-order valence-corrected chi connectivity index (χ1v) is 8.85. The zero-order valence-corrected chi connectivity index (χ0v) is 14.3. The van der Waals surface area contributed by atoms with E-state index >= 15 is 0 Å². The van der Waals surface area contributed by atoms with Crippen LogP contribution >= 0.6 is 0 Å². The molecular weight excluding hydrogens is 333 g/mol. The molecule has 0 radical (unpaired) electrons. The van der Waals surface area contributed by atoms with Gasteiger partial charge in [0.1, 0.15) is 5.82 Å². The third-order valence-corrected chi connectivity index (χ3v) is 4.98. The Morgan fingerprint density at radius 1 is 1.12 bits per heavy atom. The number of rotatable bonds is 3. The lowest BCUT2D eigenvalue weighted by atomic mass is 9.89. The number of amides is 2. The predicted octanol–water partition coefficient (Wildman–Crippen LogP) is 3.49. The second kappa shape index (κ2) is 6.78. The Labute approximate surface area is 151 Å². The fourth-order valence-corrected chi connectivity index (χ4v) is 3.63. The van der Waals surface area contributed by atoms with Gasteiger partial charge in [0.05, 0.1) is 5.92 Å². The number of hydrogen-bond donors (Lipinski definition) is 2. The second-order valence-electron chi connectivity index (χ2n) is 6.77. The molecule has 0 aromatic heterocycles. The monoisotopic (exact) mass is 353 g/mol. The number of halogens is 1. The lowest BCUT2D eigenvalue weighted by molar-refractivity contribution is -0.123. The van der Waals surface area contributed by atoms with Gasteiger partial charge in [-0.3, -0.25) is 9.59 Å². The molecule has 2 heterocycles. The third-order valence-electron chi connectivity index (χ3n) is 4.98. The molecule has 1 unspecified atom stereocenters. The third kappa shape index (κ3) is 3.27. The first kappa shape index (κ1) is 16.6. The van der Waals surface area contributed by atoms with Crippen molar-refractivity contribution in [3.63, 3.8) is 0 Å². The van der Waals surface area contributed by atoms with Crippen molar-refractivity contribution in [2.45, 2.75) is 25.2 Å². The van der Waals surface area contributed by atoms with Gasteiger partial charge < -0.3 is 15.5 Å². The van der Waals surface area contributed by atoms with Crippen LogP contribution in [0.25, 0.3) is 0 Å². The Bertz CT molecular complexity index is 845. The maximum absolute atomic E-state index is 13.4. The summed E-state index contributed by atoms with van der Waals surface area (Å²) in [5, 5.41) is 5.50. The molecule has 6 heteroatoms. The summed E-state index contributed by atoms with van der Waals surface area (Å²) < 4.78 is 13.4. The van der Waals surface area contributed by atoms with Gasteiger partial charge in [-0.1, -0.05) is 6.07 Å². The van der Waals surface area contributed by atoms with Crippen LogP contribution in [0.5, 0.6) is 0 Å². The minimum absolute atomic E-state index is 0.0519. The first-order chi connectivity index (χ1) is 12.6. The summed E-state index contributed by atoms with van der Waals surface area (Å²) in [4.78, 5) is 26.9. The van der Waals surface area contributed by atoms with Crippen molar-refractivity contribution in [1.82, 2.24) is 0 Å². The number of fused-ring (bicyclic) bond motifs is 1. The first-order valence-electron chi connectivity index (χ1n) is 8.85. The molecule has 2 N–H and O–H groups in total. The molecule has 1 saturated heterocycles. The van der Waals surface area contributed by atoms with Crippen LogP contribution in [0.2, 0.25) is 0 Å². The Balaban J connectivity index is 1.50. The van der Waals surface area contributed by atoms with E-state index in [1.54, 1.807) is 6.07 Å². The van der Waals surface area contributed by atoms with Crippen LogP contribution in [0, 0.1) is 5.82 Å². The highest BCUT2D eigenvalue weighted by Crippen LogP contribution is 2.33. The van der Waals surface area contributed by atoms with Crippen molar-refractivity contribution in [2.75, 3.05) is 28.6 Å². The lowest BCUT2D eigenvalue weighted by Crippen LogP contribution is -2.30. The van der Waals surface area contributed by atoms with Gasteiger partial charge in [0.15, 0.2) is 0 Å². The van der Waals surface area contributed by atoms with Crippen molar-refractivity contribution < 1.29 is 14.0 Å². The van der Waals surface area contributed by atoms with E-state index in [9.17, 15) is 14.0 Å². The van der Waals surface area contributed by atoms with Crippen LogP contribution in [0.1, 0.15) is 30.7 Å². The highest BCUT2D eigenvalue weighted by molar-refractivity contribution is 6.05. The van der Waals surface area contributed by atoms with Crippen molar-refractivity contribution in [1.29, 1.82) is 0 Å². The molecule has 2 aromatic carbocycles. The fraction of sp³-hybridized carbons (Fsp3) is 0.300. The molecule has 0 bridgehead atoms. The maximum Gasteiger partial charge on any atom is 0.232 e. The summed E-state index contributed by atoms with van der Waals surface area (Å²) in [5.41, 5.74) is 2.84. The van der Waals surface area contributed by atoms with Gasteiger partial charge >= 0.3 is 0 Å². The highest BCUT2D eigenvalue weighted by Gasteiger charge is 2.31. The minimum atomic E-state index is -0.627. The standard InChI is InChI=1S/C20H20FN3O2/c21-13-3-8-16-17(12-19(25)23-18(16)11-13)20(26)22-14-4-6-15(7-5-14)24-9-1-2-10-24/h3-8,11,17H,1-2,9-10,12H2,(H,22,26)(H,23,25). The van der Waals surface area contributed by atoms with E-state index in [4.69, 9.17) is 0 Å². The number of hydrogen-bond acceptors (Lipinski definition) is 3. The van der Waals surface area contributed by atoms with Crippen LogP contribution in [-0.2, 0) is 9.59 Å². The zero-order chi connectivity index (χ0) is 18.1. The molecule has 0 saturated carbocycles. The molecule has 0 spiro atoms. The zero-order valence-electron chi connectivity index (χ0n) is 14.3. The van der Waals surface area contributed by atoms with Crippen molar-refractivity contribution >= 4 is 28.9 Å². The summed E-state index contributed by atoms with van der Waals surface area (Å²) in [6.45, 7) is 2.13. The van der Waals surface area contributed by atoms with E-state index in [2.05, 4.69) is 15.5 Å². The molecule has 2 amide bonds. The number of carbonyl (C=O) groups is 2. The summed E-state index contributed by atoms with van der Waals surface area (Å²) in [6.07, 6.45) is 2.47. The summed E-state index contributed by atoms with van der Waals surface area (Å²) in [7, 11) is 0. The highest BCUT2D eigenvalue weighted by atomic mass is 19.1. The number of anilines is 3. The van der Waals surface area contributed by atoms with E-state index in [1.807, 2.05) is 24.3 Å². The Hall–Kier alpha value is -2.89. The van der Waals surface area contributed by atoms with Gasteiger partial charge in [0.2, 0.25) is 11.8 Å². The Morgan fingerprint density at radius 3 is 2.58 bits per heavy atom. The van der Waals surface area contributed by atoms with Gasteiger partial charge in [0.25, 0.3) is 0 Å². The normalized spacial score (nSPS) is 19.0. The summed E-state index contributed by atoms with van der Waals surface area (Å²) >= 11 is 0. The fourth-order valence-electron chi connectivity index (χ4n) is 3.63. The molecule has 5 nitrogen and oxygen atoms in total. The van der Waals surface area contributed by atoms with E-state index < -0.39 is 11.7 Å². The second-order valence-corrected chi connectivity index (χ2v) is 6.77. The van der Waals surface area contributed by atoms with Gasteiger partial charge in [-0.2, -0.15) is 0 Å². The van der Waals surface area contributed by atoms with Crippen LogP contribution in [0.15, 0.2) is 42.5 Å². The van der Waals surface area contributed by atoms with Crippen LogP contribution < -0.4 is 15.5 Å². The lowest BCUT2D eigenvalue weighted by Gasteiger charge is -2.25. The molecule has 2 aliphatic rings. The average molecular weight is 353 g/mol. The minimum Gasteiger partial charge on any atom is -0.372 e. The van der Waals surface area contributed by atoms with Gasteiger partial charge in [-0.15, -0.1) is 0 Å². The van der Waals surface area contributed by atoms with Crippen molar-refractivity contribution in [3.8, 4) is 0 Å². The number of benzene rings is 2. The number of nitrogens with one attached hydrogen (secondary N) is 2. The topological polar surface area (TPSA) is 61.4 Å². The molecule has 2 aliphatic heterocycles. The van der Waals surface area contributed by atoms with Gasteiger partial charge in [-0.25, -0.2) is 4.39 Å². The molecular formula is C20H20FN3O2. The molecule has 26 heavy (non-hydrogen) atoms. The number of carbonyl (C=O) groups excluding carboxylic acids is 2. The molecule has 1 fully saturated rings. The largest absolute Gasteiger partial charge is 0.372 e. The van der Waals surface area contributed by atoms with E-state index in [1.165, 1.54) is 25.0 Å². The van der Waals surface area contributed by atoms with Crippen LogP contribution in [-0.4, -0.2) is 24.9 Å². The Kier molecular flexibility index (Phi) is 4.32. The maximum atomic E-state index is 13.4. The molecule has 134 valence electrons. The van der Waals surface area contributed by atoms with E-state index in [-0.39, 0.29) is 18.2 Å². The Morgan fingerprint density at radius 2 is 1.85 bits per heavy atom. The van der Waals surface area contributed by atoms with Crippen molar-refractivity contribution in [3.05, 3.63) is 53.8 Å². The summed E-state index contributed by atoms with van der Waals surface area (Å²) in [6, 6.07) is 11.9. The molecule has 2 aromatic rings. The van der Waals surface area contributed by atoms with Gasteiger partial charge in [-0.05, 0) is 54.8 Å². The summed E-state index contributed by atoms with van der Waals surface area (Å²) in [5.74, 6) is -1.62. The molecule has 1 atom stereocenters. The smallest absolute Gasteiger partial charge is 0.232 e. The van der Waals surface area contributed by atoms with Gasteiger partial charge in [0, 0.05) is 36.6 Å². The SMILES string of the molecule is O=C1CC(C(=O)Nc2ccc(N3CCCC3)cc2)c2ccc(F)cc2N1. The van der Waals surface area contributed by atoms with Crippen LogP contribution in [0.4, 0.5) is 21.5 Å². The van der Waals surface area contributed by atoms with E-state index in [0.717, 1.165) is 18.8 Å². The number of nitrogens with zero attached hydrogens (tertiary/aromatic N) is 1. The van der Waals surface area contributed by atoms with Crippen molar-refractivity contribution in [2.24, 2.45) is 0 Å². The van der Waals surface area contributed by atoms with E-state index in [0.29, 0.717) is 16.9 Å².